The number of aromatic nitrogens is 4. The molecule has 1 unspecified atom stereocenters. The number of hydrogen-bond donors (Lipinski definition) is 0. The standard InChI is InChI=1S/C11H11BrN4OS/c1-7(18-11-13-14-15-16(11)2)10(17)8-5-3-4-6-9(8)12/h3-7H,1-2H3. The van der Waals surface area contributed by atoms with Crippen LogP contribution in [0.1, 0.15) is 17.3 Å². The lowest BCUT2D eigenvalue weighted by Crippen LogP contribution is -2.15. The number of thioether (sulfide) groups is 1. The Morgan fingerprint density at radius 3 is 2.78 bits per heavy atom. The Hall–Kier alpha value is -1.21. The molecule has 0 aliphatic rings. The molecule has 0 saturated carbocycles. The first kappa shape index (κ1) is 13.2. The molecular weight excluding hydrogens is 316 g/mol. The second-order valence-electron chi connectivity index (χ2n) is 3.69. The van der Waals surface area contributed by atoms with Crippen molar-refractivity contribution >= 4 is 33.5 Å². The van der Waals surface area contributed by atoms with Gasteiger partial charge in [0.15, 0.2) is 5.78 Å². The predicted molar refractivity (Wildman–Crippen MR) is 72.6 cm³/mol. The zero-order chi connectivity index (χ0) is 13.1. The van der Waals surface area contributed by atoms with Crippen LogP contribution in [-0.4, -0.2) is 31.2 Å². The zero-order valence-corrected chi connectivity index (χ0v) is 12.3. The summed E-state index contributed by atoms with van der Waals surface area (Å²) in [5.74, 6) is 0.0514. The lowest BCUT2D eigenvalue weighted by atomic mass is 10.1. The van der Waals surface area contributed by atoms with E-state index in [1.54, 1.807) is 17.8 Å². The van der Waals surface area contributed by atoms with Gasteiger partial charge in [-0.3, -0.25) is 4.79 Å². The second-order valence-corrected chi connectivity index (χ2v) is 5.85. The maximum Gasteiger partial charge on any atom is 0.209 e. The van der Waals surface area contributed by atoms with Gasteiger partial charge in [0, 0.05) is 17.1 Å². The van der Waals surface area contributed by atoms with Crippen molar-refractivity contribution in [1.82, 2.24) is 20.2 Å². The number of benzene rings is 1. The summed E-state index contributed by atoms with van der Waals surface area (Å²) >= 11 is 4.73. The highest BCUT2D eigenvalue weighted by atomic mass is 79.9. The summed E-state index contributed by atoms with van der Waals surface area (Å²) in [6.45, 7) is 1.85. The Balaban J connectivity index is 2.15. The summed E-state index contributed by atoms with van der Waals surface area (Å²) in [5, 5.41) is 11.5. The summed E-state index contributed by atoms with van der Waals surface area (Å²) in [6, 6.07) is 7.39. The number of tetrazole rings is 1. The molecule has 0 amide bonds. The highest BCUT2D eigenvalue weighted by Gasteiger charge is 2.20. The number of halogens is 1. The van der Waals surface area contributed by atoms with E-state index in [-0.39, 0.29) is 11.0 Å². The molecule has 0 aliphatic carbocycles. The van der Waals surface area contributed by atoms with Crippen molar-refractivity contribution in [1.29, 1.82) is 0 Å². The predicted octanol–water partition coefficient (Wildman–Crippen LogP) is 2.34. The normalized spacial score (nSPS) is 12.4. The topological polar surface area (TPSA) is 60.7 Å². The second kappa shape index (κ2) is 5.62. The Bertz CT molecular complexity index is 572. The molecule has 1 atom stereocenters. The average Bonchev–Trinajstić information content (AvgIpc) is 2.75. The summed E-state index contributed by atoms with van der Waals surface area (Å²) in [5.41, 5.74) is 0.674. The lowest BCUT2D eigenvalue weighted by Gasteiger charge is -2.09. The van der Waals surface area contributed by atoms with Crippen LogP contribution in [0.15, 0.2) is 33.9 Å². The van der Waals surface area contributed by atoms with Crippen LogP contribution in [0.3, 0.4) is 0 Å². The third-order valence-corrected chi connectivity index (χ3v) is 4.19. The molecular formula is C11H11BrN4OS. The maximum absolute atomic E-state index is 12.3. The van der Waals surface area contributed by atoms with Crippen LogP contribution in [0.2, 0.25) is 0 Å². The van der Waals surface area contributed by atoms with E-state index in [9.17, 15) is 4.79 Å². The summed E-state index contributed by atoms with van der Waals surface area (Å²) in [6.07, 6.45) is 0. The van der Waals surface area contributed by atoms with Crippen molar-refractivity contribution < 1.29 is 4.79 Å². The Labute approximate surface area is 117 Å². The minimum atomic E-state index is -0.242. The van der Waals surface area contributed by atoms with Gasteiger partial charge in [-0.05, 0) is 23.4 Å². The van der Waals surface area contributed by atoms with E-state index in [2.05, 4.69) is 31.5 Å². The van der Waals surface area contributed by atoms with Crippen LogP contribution in [0.5, 0.6) is 0 Å². The SMILES string of the molecule is CC(Sc1nnnn1C)C(=O)c1ccccc1Br. The van der Waals surface area contributed by atoms with Crippen LogP contribution in [0.25, 0.3) is 0 Å². The molecule has 0 spiro atoms. The van der Waals surface area contributed by atoms with Gasteiger partial charge in [0.1, 0.15) is 0 Å². The first-order valence-corrected chi connectivity index (χ1v) is 6.94. The molecule has 18 heavy (non-hydrogen) atoms. The van der Waals surface area contributed by atoms with Gasteiger partial charge in [-0.1, -0.05) is 45.9 Å². The number of nitrogens with zero attached hydrogens (tertiary/aromatic N) is 4. The van der Waals surface area contributed by atoms with Crippen molar-refractivity contribution in [2.45, 2.75) is 17.3 Å². The van der Waals surface area contributed by atoms with Gasteiger partial charge < -0.3 is 0 Å². The molecule has 0 bridgehead atoms. The molecule has 0 radical (unpaired) electrons. The molecule has 94 valence electrons. The van der Waals surface area contributed by atoms with Crippen LogP contribution < -0.4 is 0 Å². The highest BCUT2D eigenvalue weighted by molar-refractivity contribution is 9.10. The van der Waals surface area contributed by atoms with Crippen molar-refractivity contribution in [2.75, 3.05) is 0 Å². The van der Waals surface area contributed by atoms with Crippen LogP contribution >= 0.6 is 27.7 Å². The van der Waals surface area contributed by atoms with Crippen LogP contribution in [0.4, 0.5) is 0 Å². The smallest absolute Gasteiger partial charge is 0.209 e. The van der Waals surface area contributed by atoms with Gasteiger partial charge in [-0.25, -0.2) is 4.68 Å². The molecule has 2 aromatic rings. The number of carbonyl (C=O) groups excluding carboxylic acids is 1. The van der Waals surface area contributed by atoms with Gasteiger partial charge in [0.25, 0.3) is 0 Å². The Kier molecular flexibility index (Phi) is 4.13. The van der Waals surface area contributed by atoms with E-state index in [0.29, 0.717) is 10.7 Å². The molecule has 1 aromatic carbocycles. The van der Waals surface area contributed by atoms with E-state index >= 15 is 0 Å². The molecule has 2 rings (SSSR count). The quantitative estimate of drug-likeness (QED) is 0.637. The first-order chi connectivity index (χ1) is 8.59. The third-order valence-electron chi connectivity index (χ3n) is 2.37. The molecule has 0 aliphatic heterocycles. The summed E-state index contributed by atoms with van der Waals surface area (Å²) < 4.78 is 2.35. The van der Waals surface area contributed by atoms with Crippen molar-refractivity contribution in [3.8, 4) is 0 Å². The van der Waals surface area contributed by atoms with Crippen LogP contribution in [-0.2, 0) is 7.05 Å². The van der Waals surface area contributed by atoms with Crippen molar-refractivity contribution in [3.63, 3.8) is 0 Å². The van der Waals surface area contributed by atoms with Gasteiger partial charge in [-0.2, -0.15) is 0 Å². The number of hydrogen-bond acceptors (Lipinski definition) is 5. The fourth-order valence-electron chi connectivity index (χ4n) is 1.41. The fraction of sp³-hybridized carbons (Fsp3) is 0.273. The number of carbonyl (C=O) groups is 1. The zero-order valence-electron chi connectivity index (χ0n) is 9.87. The number of rotatable bonds is 4. The average molecular weight is 327 g/mol. The fourth-order valence-corrected chi connectivity index (χ4v) is 2.72. The van der Waals surface area contributed by atoms with Crippen molar-refractivity contribution in [2.24, 2.45) is 7.05 Å². The third kappa shape index (κ3) is 2.78. The van der Waals surface area contributed by atoms with Crippen LogP contribution in [0, 0.1) is 0 Å². The number of ketones is 1. The van der Waals surface area contributed by atoms with Gasteiger partial charge >= 0.3 is 0 Å². The van der Waals surface area contributed by atoms with E-state index in [4.69, 9.17) is 0 Å². The largest absolute Gasteiger partial charge is 0.293 e. The minimum absolute atomic E-state index is 0.0514. The highest BCUT2D eigenvalue weighted by Crippen LogP contribution is 2.25. The molecule has 5 nitrogen and oxygen atoms in total. The number of Topliss-reactive ketones (excluding diaryl/α,β-unsaturated/α-hetero) is 1. The van der Waals surface area contributed by atoms with E-state index in [1.807, 2.05) is 25.1 Å². The van der Waals surface area contributed by atoms with E-state index in [0.717, 1.165) is 4.47 Å². The monoisotopic (exact) mass is 326 g/mol. The Morgan fingerprint density at radius 1 is 1.44 bits per heavy atom. The Morgan fingerprint density at radius 2 is 2.17 bits per heavy atom. The van der Waals surface area contributed by atoms with Gasteiger partial charge in [-0.15, -0.1) is 5.10 Å². The minimum Gasteiger partial charge on any atom is -0.293 e. The summed E-state index contributed by atoms with van der Waals surface area (Å²) in [7, 11) is 1.75. The van der Waals surface area contributed by atoms with E-state index in [1.165, 1.54) is 11.8 Å². The molecule has 0 saturated heterocycles. The van der Waals surface area contributed by atoms with E-state index < -0.39 is 0 Å². The lowest BCUT2D eigenvalue weighted by molar-refractivity contribution is 0.0993. The molecule has 0 fully saturated rings. The molecule has 1 aromatic heterocycles. The van der Waals surface area contributed by atoms with Gasteiger partial charge in [0.05, 0.1) is 5.25 Å². The molecule has 0 N–H and O–H groups in total. The summed E-state index contributed by atoms with van der Waals surface area (Å²) in [4.78, 5) is 12.3. The number of aryl methyl sites for hydroxylation is 1. The van der Waals surface area contributed by atoms with Gasteiger partial charge in [0.2, 0.25) is 5.16 Å². The van der Waals surface area contributed by atoms with Crippen molar-refractivity contribution in [3.05, 3.63) is 34.3 Å². The first-order valence-electron chi connectivity index (χ1n) is 5.27. The molecule has 1 heterocycles. The maximum atomic E-state index is 12.3. The molecule has 7 heteroatoms.